The molecule has 2 N–H and O–H groups in total. The number of H-pyrrole nitrogens is 1. The van der Waals surface area contributed by atoms with Gasteiger partial charge in [-0.3, -0.25) is 4.99 Å². The van der Waals surface area contributed by atoms with E-state index in [2.05, 4.69) is 45.1 Å². The van der Waals surface area contributed by atoms with Gasteiger partial charge < -0.3 is 15.2 Å². The first kappa shape index (κ1) is 17.1. The smallest absolute Gasteiger partial charge is 0.193 e. The maximum atomic E-state index is 4.63. The first-order valence-electron chi connectivity index (χ1n) is 8.60. The number of para-hydroxylation sites is 2. The van der Waals surface area contributed by atoms with E-state index in [-0.39, 0.29) is 0 Å². The molecule has 0 radical (unpaired) electrons. The molecule has 1 saturated heterocycles. The summed E-state index contributed by atoms with van der Waals surface area (Å²) in [5.74, 6) is 3.24. The zero-order chi connectivity index (χ0) is 17.0. The van der Waals surface area contributed by atoms with E-state index in [0.29, 0.717) is 4.75 Å². The molecule has 1 aliphatic rings. The number of thioether (sulfide) groups is 1. The van der Waals surface area contributed by atoms with Gasteiger partial charge in [-0.2, -0.15) is 11.8 Å². The first-order chi connectivity index (χ1) is 11.6. The van der Waals surface area contributed by atoms with Crippen molar-refractivity contribution in [3.63, 3.8) is 0 Å². The number of imidazole rings is 1. The number of hydrogen-bond donors (Lipinski definition) is 2. The lowest BCUT2D eigenvalue weighted by Crippen LogP contribution is -2.51. The minimum atomic E-state index is 0.296. The van der Waals surface area contributed by atoms with Gasteiger partial charge in [0.1, 0.15) is 5.82 Å². The largest absolute Gasteiger partial charge is 0.356 e. The molecular weight excluding hydrogens is 318 g/mol. The molecule has 1 aromatic carbocycles. The number of aromatic amines is 1. The van der Waals surface area contributed by atoms with Crippen molar-refractivity contribution in [3.05, 3.63) is 30.1 Å². The lowest BCUT2D eigenvalue weighted by atomic mass is 10.2. The number of hydrogen-bond acceptors (Lipinski definition) is 3. The first-order valence-corrected chi connectivity index (χ1v) is 9.59. The maximum absolute atomic E-state index is 4.63. The van der Waals surface area contributed by atoms with Crippen LogP contribution in [0.1, 0.15) is 26.1 Å². The Morgan fingerprint density at radius 2 is 2.25 bits per heavy atom. The van der Waals surface area contributed by atoms with Crippen LogP contribution in [0, 0.1) is 0 Å². The van der Waals surface area contributed by atoms with Gasteiger partial charge in [0.05, 0.1) is 11.0 Å². The summed E-state index contributed by atoms with van der Waals surface area (Å²) in [4.78, 5) is 14.8. The Morgan fingerprint density at radius 3 is 3.00 bits per heavy atom. The van der Waals surface area contributed by atoms with Gasteiger partial charge in [0.15, 0.2) is 5.96 Å². The highest BCUT2D eigenvalue weighted by Crippen LogP contribution is 2.29. The normalized spacial score (nSPS) is 18.1. The number of fused-ring (bicyclic) bond motifs is 1. The molecule has 0 unspecified atom stereocenters. The van der Waals surface area contributed by atoms with Crippen molar-refractivity contribution < 1.29 is 0 Å². The molecule has 6 heteroatoms. The molecule has 0 aliphatic carbocycles. The molecule has 2 heterocycles. The third kappa shape index (κ3) is 4.23. The fourth-order valence-electron chi connectivity index (χ4n) is 3.11. The van der Waals surface area contributed by atoms with E-state index in [0.717, 1.165) is 61.0 Å². The molecule has 0 saturated carbocycles. The Labute approximate surface area is 148 Å². The van der Waals surface area contributed by atoms with Gasteiger partial charge >= 0.3 is 0 Å². The van der Waals surface area contributed by atoms with Gasteiger partial charge in [0.2, 0.25) is 0 Å². The molecule has 0 amide bonds. The summed E-state index contributed by atoms with van der Waals surface area (Å²) in [6.45, 7) is 7.63. The van der Waals surface area contributed by atoms with Crippen molar-refractivity contribution in [2.24, 2.45) is 4.99 Å². The van der Waals surface area contributed by atoms with Crippen LogP contribution in [-0.2, 0) is 6.42 Å². The Hall–Kier alpha value is -1.69. The van der Waals surface area contributed by atoms with Crippen LogP contribution in [0.5, 0.6) is 0 Å². The third-order valence-electron chi connectivity index (χ3n) is 4.25. The minimum Gasteiger partial charge on any atom is -0.356 e. The highest BCUT2D eigenvalue weighted by atomic mass is 32.2. The van der Waals surface area contributed by atoms with Crippen LogP contribution in [0.15, 0.2) is 29.3 Å². The molecule has 1 aromatic heterocycles. The summed E-state index contributed by atoms with van der Waals surface area (Å²) in [7, 11) is 1.87. The molecule has 2 aromatic rings. The van der Waals surface area contributed by atoms with E-state index in [9.17, 15) is 0 Å². The van der Waals surface area contributed by atoms with Gasteiger partial charge in [-0.25, -0.2) is 4.98 Å². The van der Waals surface area contributed by atoms with E-state index in [1.807, 2.05) is 37.0 Å². The van der Waals surface area contributed by atoms with E-state index in [4.69, 9.17) is 0 Å². The number of guanidine groups is 1. The van der Waals surface area contributed by atoms with E-state index in [1.165, 1.54) is 0 Å². The summed E-state index contributed by atoms with van der Waals surface area (Å²) in [5, 5.41) is 3.51. The number of nitrogens with zero attached hydrogens (tertiary/aromatic N) is 3. The van der Waals surface area contributed by atoms with Gasteiger partial charge in [-0.1, -0.05) is 12.1 Å². The summed E-state index contributed by atoms with van der Waals surface area (Å²) in [6, 6.07) is 8.18. The zero-order valence-electron chi connectivity index (χ0n) is 14.8. The lowest BCUT2D eigenvalue weighted by molar-refractivity contribution is 0.375. The predicted molar refractivity (Wildman–Crippen MR) is 104 cm³/mol. The average molecular weight is 346 g/mol. The summed E-state index contributed by atoms with van der Waals surface area (Å²) >= 11 is 2.04. The van der Waals surface area contributed by atoms with E-state index >= 15 is 0 Å². The van der Waals surface area contributed by atoms with E-state index in [1.54, 1.807) is 0 Å². The number of benzene rings is 1. The summed E-state index contributed by atoms with van der Waals surface area (Å²) in [5.41, 5.74) is 2.16. The molecule has 0 spiro atoms. The van der Waals surface area contributed by atoms with Gasteiger partial charge in [0, 0.05) is 43.6 Å². The van der Waals surface area contributed by atoms with Crippen LogP contribution >= 0.6 is 11.8 Å². The third-order valence-corrected chi connectivity index (χ3v) is 5.55. The molecule has 5 nitrogen and oxygen atoms in total. The van der Waals surface area contributed by atoms with Crippen LogP contribution < -0.4 is 5.32 Å². The molecule has 0 bridgehead atoms. The zero-order valence-corrected chi connectivity index (χ0v) is 15.6. The maximum Gasteiger partial charge on any atom is 0.193 e. The Balaban J connectivity index is 1.48. The number of aryl methyl sites for hydroxylation is 1. The van der Waals surface area contributed by atoms with Crippen LogP contribution in [0.3, 0.4) is 0 Å². The van der Waals surface area contributed by atoms with Gasteiger partial charge in [-0.05, 0) is 32.4 Å². The average Bonchev–Trinajstić information content (AvgIpc) is 2.96. The molecule has 0 atom stereocenters. The van der Waals surface area contributed by atoms with Crippen molar-refractivity contribution in [3.8, 4) is 0 Å². The van der Waals surface area contributed by atoms with Crippen LogP contribution in [-0.4, -0.2) is 58.0 Å². The standard InChI is InChI=1S/C18H27N5S/c1-18(2)13-23(11-12-24-18)17(19-3)20-10-6-9-16-21-14-7-4-5-8-15(14)22-16/h4-5,7-8H,6,9-13H2,1-3H3,(H,19,20)(H,21,22). The molecular formula is C18H27N5S. The molecule has 3 rings (SSSR count). The molecule has 130 valence electrons. The highest BCUT2D eigenvalue weighted by Gasteiger charge is 2.28. The fourth-order valence-corrected chi connectivity index (χ4v) is 4.22. The number of aliphatic imine (C=N–C) groups is 1. The SMILES string of the molecule is CN=C(NCCCc1nc2ccccc2[nH]1)N1CCSC(C)(C)C1. The summed E-state index contributed by atoms with van der Waals surface area (Å²) < 4.78 is 0.296. The van der Waals surface area contributed by atoms with Crippen molar-refractivity contribution in [2.45, 2.75) is 31.4 Å². The molecule has 1 fully saturated rings. The second kappa shape index (κ2) is 7.47. The topological polar surface area (TPSA) is 56.3 Å². The van der Waals surface area contributed by atoms with Crippen LogP contribution in [0.25, 0.3) is 11.0 Å². The number of aromatic nitrogens is 2. The predicted octanol–water partition coefficient (Wildman–Crippen LogP) is 2.90. The quantitative estimate of drug-likeness (QED) is 0.508. The second-order valence-electron chi connectivity index (χ2n) is 6.81. The Morgan fingerprint density at radius 1 is 1.42 bits per heavy atom. The molecule has 24 heavy (non-hydrogen) atoms. The van der Waals surface area contributed by atoms with Crippen molar-refractivity contribution >= 4 is 28.8 Å². The fraction of sp³-hybridized carbons (Fsp3) is 0.556. The van der Waals surface area contributed by atoms with Gasteiger partial charge in [0.25, 0.3) is 0 Å². The van der Waals surface area contributed by atoms with Crippen LogP contribution in [0.4, 0.5) is 0 Å². The molecule has 1 aliphatic heterocycles. The van der Waals surface area contributed by atoms with Crippen molar-refractivity contribution in [1.29, 1.82) is 0 Å². The monoisotopic (exact) mass is 345 g/mol. The lowest BCUT2D eigenvalue weighted by Gasteiger charge is -2.39. The van der Waals surface area contributed by atoms with Crippen molar-refractivity contribution in [2.75, 3.05) is 32.4 Å². The number of rotatable bonds is 4. The van der Waals surface area contributed by atoms with Crippen molar-refractivity contribution in [1.82, 2.24) is 20.2 Å². The Kier molecular flexibility index (Phi) is 5.33. The summed E-state index contributed by atoms with van der Waals surface area (Å²) in [6.07, 6.45) is 1.98. The highest BCUT2D eigenvalue weighted by molar-refractivity contribution is 8.00. The van der Waals surface area contributed by atoms with Gasteiger partial charge in [-0.15, -0.1) is 0 Å². The van der Waals surface area contributed by atoms with Crippen LogP contribution in [0.2, 0.25) is 0 Å². The Bertz CT molecular complexity index is 673. The number of nitrogens with one attached hydrogen (secondary N) is 2. The minimum absolute atomic E-state index is 0.296. The second-order valence-corrected chi connectivity index (χ2v) is 8.61. The van der Waals surface area contributed by atoms with E-state index < -0.39 is 0 Å².